The van der Waals surface area contributed by atoms with Crippen LogP contribution < -0.4 is 4.74 Å². The van der Waals surface area contributed by atoms with Gasteiger partial charge in [0.2, 0.25) is 5.82 Å². The monoisotopic (exact) mass is 518 g/mol. The molecule has 2 aromatic carbocycles. The summed E-state index contributed by atoms with van der Waals surface area (Å²) in [5.74, 6) is -3.04. The highest BCUT2D eigenvalue weighted by Crippen LogP contribution is 2.40. The quantitative estimate of drug-likeness (QED) is 0.194. The van der Waals surface area contributed by atoms with Crippen LogP contribution in [-0.2, 0) is 6.42 Å². The Balaban J connectivity index is 1.29. The van der Waals surface area contributed by atoms with E-state index in [1.807, 2.05) is 0 Å². The predicted molar refractivity (Wildman–Crippen MR) is 138 cm³/mol. The van der Waals surface area contributed by atoms with Gasteiger partial charge in [0.05, 0.1) is 12.7 Å². The van der Waals surface area contributed by atoms with Crippen LogP contribution in [0.2, 0.25) is 0 Å². The summed E-state index contributed by atoms with van der Waals surface area (Å²) in [4.78, 5) is 0. The Labute approximate surface area is 217 Å². The summed E-state index contributed by atoms with van der Waals surface area (Å²) in [6, 6.07) is 6.59. The summed E-state index contributed by atoms with van der Waals surface area (Å²) in [6.45, 7) is 3.94. The van der Waals surface area contributed by atoms with Crippen LogP contribution in [0.15, 0.2) is 36.9 Å². The smallest absolute Gasteiger partial charge is 0.200 e. The highest BCUT2D eigenvalue weighted by atomic mass is 19.2. The lowest BCUT2D eigenvalue weighted by Crippen LogP contribution is -2.18. The second kappa shape index (κ2) is 12.9. The average Bonchev–Trinajstić information content (AvgIpc) is 2.91. The fourth-order valence-corrected chi connectivity index (χ4v) is 6.00. The van der Waals surface area contributed by atoms with Crippen molar-refractivity contribution >= 4 is 0 Å². The molecule has 2 nitrogen and oxygen atoms in total. The van der Waals surface area contributed by atoms with Crippen molar-refractivity contribution in [2.24, 2.45) is 5.92 Å². The maximum absolute atomic E-state index is 14.8. The van der Waals surface area contributed by atoms with Crippen LogP contribution in [0, 0.1) is 29.2 Å². The molecular weight excluding hydrogens is 480 g/mol. The summed E-state index contributed by atoms with van der Waals surface area (Å²) in [7, 11) is 0. The Bertz CT molecular complexity index is 1050. The second-order valence-corrected chi connectivity index (χ2v) is 10.8. The number of rotatable bonds is 10. The van der Waals surface area contributed by atoms with Crippen molar-refractivity contribution in [3.63, 3.8) is 0 Å². The van der Waals surface area contributed by atoms with E-state index in [1.165, 1.54) is 6.07 Å². The molecule has 2 aliphatic rings. The van der Waals surface area contributed by atoms with Gasteiger partial charge < -0.3 is 9.84 Å². The fourth-order valence-electron chi connectivity index (χ4n) is 6.00. The van der Waals surface area contributed by atoms with Gasteiger partial charge in [-0.3, -0.25) is 0 Å². The van der Waals surface area contributed by atoms with E-state index in [2.05, 4.69) is 6.58 Å². The molecule has 202 valence electrons. The number of aliphatic hydroxyl groups is 1. The van der Waals surface area contributed by atoms with Crippen LogP contribution >= 0.6 is 0 Å². The third kappa shape index (κ3) is 6.76. The summed E-state index contributed by atoms with van der Waals surface area (Å²) in [6.07, 6.45) is 9.86. The SMILES string of the molecule is C=CCCCOc1ccc(C2CCC(CCc3ccc(C4CCC(O)CC4)c(F)c3F)CC2)c(F)c1F. The van der Waals surface area contributed by atoms with Gasteiger partial charge in [-0.05, 0) is 118 Å². The number of allylic oxidation sites excluding steroid dienone is 1. The standard InChI is InChI=1S/C31H38F4O2/c1-2-3-4-19-37-27-18-17-26(30(34)31(27)35)21-8-5-20(6-9-21)7-10-23-13-16-25(29(33)28(23)32)22-11-14-24(36)15-12-22/h2,13,16-18,20-22,24,36H,1,3-12,14-15,19H2. The van der Waals surface area contributed by atoms with Gasteiger partial charge >= 0.3 is 0 Å². The average molecular weight is 519 g/mol. The van der Waals surface area contributed by atoms with Crippen molar-refractivity contribution < 1.29 is 27.4 Å². The van der Waals surface area contributed by atoms with Crippen LogP contribution in [0.25, 0.3) is 0 Å². The molecule has 2 fully saturated rings. The Morgan fingerprint density at radius 1 is 0.784 bits per heavy atom. The molecule has 6 heteroatoms. The number of benzene rings is 2. The van der Waals surface area contributed by atoms with Crippen LogP contribution in [0.3, 0.4) is 0 Å². The fraction of sp³-hybridized carbons (Fsp3) is 0.548. The topological polar surface area (TPSA) is 29.5 Å². The molecule has 0 aliphatic heterocycles. The maximum Gasteiger partial charge on any atom is 0.200 e. The molecular formula is C31H38F4O2. The number of hydrogen-bond acceptors (Lipinski definition) is 2. The molecule has 0 saturated heterocycles. The molecule has 0 amide bonds. The normalized spacial score (nSPS) is 24.1. The van der Waals surface area contributed by atoms with Crippen LogP contribution in [-0.4, -0.2) is 17.8 Å². The molecule has 0 aromatic heterocycles. The number of halogens is 4. The van der Waals surface area contributed by atoms with Crippen LogP contribution in [0.1, 0.15) is 99.2 Å². The minimum Gasteiger partial charge on any atom is -0.490 e. The molecule has 0 bridgehead atoms. The largest absolute Gasteiger partial charge is 0.490 e. The van der Waals surface area contributed by atoms with Gasteiger partial charge in [0.1, 0.15) is 0 Å². The van der Waals surface area contributed by atoms with Crippen LogP contribution in [0.4, 0.5) is 17.6 Å². The zero-order valence-corrected chi connectivity index (χ0v) is 21.5. The molecule has 0 spiro atoms. The van der Waals surface area contributed by atoms with Gasteiger partial charge in [0.25, 0.3) is 0 Å². The number of hydrogen-bond donors (Lipinski definition) is 1. The van der Waals surface area contributed by atoms with Gasteiger partial charge in [-0.25, -0.2) is 13.2 Å². The van der Waals surface area contributed by atoms with E-state index in [9.17, 15) is 22.7 Å². The lowest BCUT2D eigenvalue weighted by molar-refractivity contribution is 0.122. The summed E-state index contributed by atoms with van der Waals surface area (Å²) < 4.78 is 64.4. The Hall–Kier alpha value is -2.34. The predicted octanol–water partition coefficient (Wildman–Crippen LogP) is 8.51. The van der Waals surface area contributed by atoms with Gasteiger partial charge in [-0.1, -0.05) is 24.3 Å². The number of aliphatic hydroxyl groups excluding tert-OH is 1. The van der Waals surface area contributed by atoms with E-state index < -0.39 is 23.3 Å². The van der Waals surface area contributed by atoms with Crippen LogP contribution in [0.5, 0.6) is 5.75 Å². The molecule has 37 heavy (non-hydrogen) atoms. The highest BCUT2D eigenvalue weighted by molar-refractivity contribution is 5.33. The minimum absolute atomic E-state index is 0.0367. The Kier molecular flexibility index (Phi) is 9.69. The molecule has 0 radical (unpaired) electrons. The maximum atomic E-state index is 14.8. The van der Waals surface area contributed by atoms with Crippen molar-refractivity contribution in [1.82, 2.24) is 0 Å². The molecule has 2 aromatic rings. The zero-order chi connectivity index (χ0) is 26.4. The van der Waals surface area contributed by atoms with Gasteiger partial charge in [0, 0.05) is 0 Å². The molecule has 2 saturated carbocycles. The molecule has 0 heterocycles. The molecule has 4 rings (SSSR count). The van der Waals surface area contributed by atoms with Gasteiger partial charge in [0.15, 0.2) is 23.2 Å². The summed E-state index contributed by atoms with van der Waals surface area (Å²) in [5, 5.41) is 9.69. The Morgan fingerprint density at radius 3 is 2.03 bits per heavy atom. The third-order valence-electron chi connectivity index (χ3n) is 8.32. The summed E-state index contributed by atoms with van der Waals surface area (Å²) in [5.41, 5.74) is 1.22. The van der Waals surface area contributed by atoms with E-state index in [1.54, 1.807) is 24.3 Å². The third-order valence-corrected chi connectivity index (χ3v) is 8.32. The lowest BCUT2D eigenvalue weighted by atomic mass is 9.76. The molecule has 2 aliphatic carbocycles. The molecule has 0 atom stereocenters. The Morgan fingerprint density at radius 2 is 1.38 bits per heavy atom. The number of unbranched alkanes of at least 4 members (excludes halogenated alkanes) is 1. The van der Waals surface area contributed by atoms with Crippen molar-refractivity contribution in [3.8, 4) is 5.75 Å². The van der Waals surface area contributed by atoms with E-state index in [0.717, 1.165) is 38.5 Å². The first-order valence-electron chi connectivity index (χ1n) is 13.7. The van der Waals surface area contributed by atoms with E-state index in [0.29, 0.717) is 67.7 Å². The van der Waals surface area contributed by atoms with Crippen molar-refractivity contribution in [1.29, 1.82) is 0 Å². The van der Waals surface area contributed by atoms with Crippen molar-refractivity contribution in [3.05, 3.63) is 76.9 Å². The first-order chi connectivity index (χ1) is 17.9. The molecule has 0 unspecified atom stereocenters. The first kappa shape index (κ1) is 27.7. The highest BCUT2D eigenvalue weighted by Gasteiger charge is 2.28. The van der Waals surface area contributed by atoms with E-state index in [4.69, 9.17) is 4.74 Å². The van der Waals surface area contributed by atoms with Gasteiger partial charge in [-0.15, -0.1) is 6.58 Å². The first-order valence-corrected chi connectivity index (χ1v) is 13.7. The second-order valence-electron chi connectivity index (χ2n) is 10.8. The number of aryl methyl sites for hydroxylation is 1. The van der Waals surface area contributed by atoms with Crippen molar-refractivity contribution in [2.45, 2.75) is 95.0 Å². The van der Waals surface area contributed by atoms with E-state index >= 15 is 0 Å². The van der Waals surface area contributed by atoms with Crippen molar-refractivity contribution in [2.75, 3.05) is 6.61 Å². The summed E-state index contributed by atoms with van der Waals surface area (Å²) >= 11 is 0. The zero-order valence-electron chi connectivity index (χ0n) is 21.5. The molecule has 1 N–H and O–H groups in total. The van der Waals surface area contributed by atoms with E-state index in [-0.39, 0.29) is 23.7 Å². The van der Waals surface area contributed by atoms with Gasteiger partial charge in [-0.2, -0.15) is 4.39 Å². The lowest BCUT2D eigenvalue weighted by Gasteiger charge is -2.29. The number of ether oxygens (including phenoxy) is 1. The minimum atomic E-state index is -0.927.